The molecule has 6 nitrogen and oxygen atoms in total. The third-order valence-electron chi connectivity index (χ3n) is 2.73. The van der Waals surface area contributed by atoms with E-state index in [1.807, 2.05) is 6.92 Å². The van der Waals surface area contributed by atoms with Gasteiger partial charge in [-0.15, -0.1) is 0 Å². The molecule has 2 heterocycles. The van der Waals surface area contributed by atoms with Crippen molar-refractivity contribution in [2.24, 2.45) is 0 Å². The van der Waals surface area contributed by atoms with E-state index in [0.29, 0.717) is 11.5 Å². The highest BCUT2D eigenvalue weighted by Gasteiger charge is 2.31. The van der Waals surface area contributed by atoms with Gasteiger partial charge in [-0.25, -0.2) is 4.98 Å². The second-order valence-electron chi connectivity index (χ2n) is 4.14. The molecule has 0 aliphatic carbocycles. The van der Waals surface area contributed by atoms with Crippen LogP contribution in [0.5, 0.6) is 0 Å². The van der Waals surface area contributed by atoms with E-state index >= 15 is 0 Å². The van der Waals surface area contributed by atoms with Gasteiger partial charge in [-0.1, -0.05) is 0 Å². The fraction of sp³-hybridized carbons (Fsp3) is 0.364. The summed E-state index contributed by atoms with van der Waals surface area (Å²) in [6, 6.07) is 1.32. The third kappa shape index (κ3) is 2.06. The highest BCUT2D eigenvalue weighted by atomic mass is 16.2. The normalized spacial score (nSPS) is 20.4. The van der Waals surface area contributed by atoms with Crippen molar-refractivity contribution < 1.29 is 9.59 Å². The summed E-state index contributed by atoms with van der Waals surface area (Å²) in [5.41, 5.74) is 7.27. The molecule has 1 aromatic rings. The molecular weight excluding hydrogens is 220 g/mol. The molecule has 90 valence electrons. The number of aryl methyl sites for hydroxylation is 1. The van der Waals surface area contributed by atoms with Gasteiger partial charge in [0.25, 0.3) is 0 Å². The second-order valence-corrected chi connectivity index (χ2v) is 4.14. The van der Waals surface area contributed by atoms with E-state index in [1.54, 1.807) is 24.1 Å². The van der Waals surface area contributed by atoms with Gasteiger partial charge in [0.15, 0.2) is 5.82 Å². The Hall–Kier alpha value is -2.11. The van der Waals surface area contributed by atoms with Crippen LogP contribution in [-0.4, -0.2) is 29.4 Å². The predicted molar refractivity (Wildman–Crippen MR) is 63.3 cm³/mol. The van der Waals surface area contributed by atoms with E-state index in [-0.39, 0.29) is 18.4 Å². The zero-order chi connectivity index (χ0) is 12.6. The summed E-state index contributed by atoms with van der Waals surface area (Å²) in [6.07, 6.45) is 1.66. The summed E-state index contributed by atoms with van der Waals surface area (Å²) >= 11 is 0. The van der Waals surface area contributed by atoms with Crippen LogP contribution in [0.4, 0.5) is 11.5 Å². The van der Waals surface area contributed by atoms with Gasteiger partial charge in [0.05, 0.1) is 12.2 Å². The fourth-order valence-corrected chi connectivity index (χ4v) is 1.80. The molecule has 1 aliphatic rings. The number of anilines is 2. The molecule has 1 fully saturated rings. The molecule has 2 amide bonds. The minimum atomic E-state index is -0.454. The Morgan fingerprint density at radius 2 is 2.24 bits per heavy atom. The van der Waals surface area contributed by atoms with E-state index in [4.69, 9.17) is 5.73 Å². The lowest BCUT2D eigenvalue weighted by atomic mass is 10.2. The van der Waals surface area contributed by atoms with Crippen molar-refractivity contribution in [1.82, 2.24) is 10.3 Å². The number of carbonyl (C=O) groups excluding carboxylic acids is 2. The number of rotatable bonds is 1. The molecule has 0 bridgehead atoms. The summed E-state index contributed by atoms with van der Waals surface area (Å²) in [5, 5.41) is 2.27. The van der Waals surface area contributed by atoms with E-state index in [9.17, 15) is 9.59 Å². The molecule has 1 unspecified atom stereocenters. The van der Waals surface area contributed by atoms with Crippen LogP contribution in [0.25, 0.3) is 0 Å². The number of imide groups is 1. The van der Waals surface area contributed by atoms with Gasteiger partial charge in [0, 0.05) is 6.20 Å². The topological polar surface area (TPSA) is 88.3 Å². The predicted octanol–water partition coefficient (Wildman–Crippen LogP) is -0.176. The Bertz CT molecular complexity index is 486. The lowest BCUT2D eigenvalue weighted by Gasteiger charge is -2.33. The minimum absolute atomic E-state index is 0.0904. The number of pyridine rings is 1. The Labute approximate surface area is 98.8 Å². The number of nitrogen functional groups attached to an aromatic ring is 1. The number of piperazine rings is 1. The summed E-state index contributed by atoms with van der Waals surface area (Å²) < 4.78 is 0. The first-order valence-electron chi connectivity index (χ1n) is 5.31. The largest absolute Gasteiger partial charge is 0.396 e. The molecule has 17 heavy (non-hydrogen) atoms. The molecule has 1 aliphatic heterocycles. The summed E-state index contributed by atoms with van der Waals surface area (Å²) in [6.45, 7) is 3.68. The number of amides is 2. The fourth-order valence-electron chi connectivity index (χ4n) is 1.80. The van der Waals surface area contributed by atoms with Gasteiger partial charge in [-0.05, 0) is 25.5 Å². The van der Waals surface area contributed by atoms with Crippen LogP contribution in [0.15, 0.2) is 12.3 Å². The van der Waals surface area contributed by atoms with Crippen LogP contribution in [0, 0.1) is 6.92 Å². The highest BCUT2D eigenvalue weighted by Crippen LogP contribution is 2.23. The van der Waals surface area contributed by atoms with Crippen LogP contribution >= 0.6 is 0 Å². The van der Waals surface area contributed by atoms with Crippen molar-refractivity contribution in [3.05, 3.63) is 17.8 Å². The van der Waals surface area contributed by atoms with Crippen LogP contribution in [0.1, 0.15) is 12.5 Å². The minimum Gasteiger partial charge on any atom is -0.396 e. The Morgan fingerprint density at radius 1 is 1.53 bits per heavy atom. The van der Waals surface area contributed by atoms with Crippen molar-refractivity contribution in [2.45, 2.75) is 19.9 Å². The number of aromatic nitrogens is 1. The van der Waals surface area contributed by atoms with Crippen LogP contribution in [0.3, 0.4) is 0 Å². The number of nitrogens with zero attached hydrogens (tertiary/aromatic N) is 2. The number of hydrogen-bond acceptors (Lipinski definition) is 5. The van der Waals surface area contributed by atoms with E-state index in [2.05, 4.69) is 10.3 Å². The maximum Gasteiger partial charge on any atom is 0.249 e. The zero-order valence-electron chi connectivity index (χ0n) is 9.73. The van der Waals surface area contributed by atoms with E-state index in [1.165, 1.54) is 0 Å². The number of hydrogen-bond donors (Lipinski definition) is 2. The van der Waals surface area contributed by atoms with Crippen LogP contribution < -0.4 is 16.0 Å². The quantitative estimate of drug-likeness (QED) is 0.658. The van der Waals surface area contributed by atoms with E-state index < -0.39 is 6.04 Å². The third-order valence-corrected chi connectivity index (χ3v) is 2.73. The Kier molecular flexibility index (Phi) is 2.71. The second kappa shape index (κ2) is 4.04. The first kappa shape index (κ1) is 11.4. The number of carbonyl (C=O) groups is 2. The molecule has 0 aromatic carbocycles. The van der Waals surface area contributed by atoms with Crippen molar-refractivity contribution >= 4 is 23.3 Å². The van der Waals surface area contributed by atoms with Crippen LogP contribution in [-0.2, 0) is 9.59 Å². The van der Waals surface area contributed by atoms with Crippen molar-refractivity contribution in [3.8, 4) is 0 Å². The van der Waals surface area contributed by atoms with Gasteiger partial charge in [-0.2, -0.15) is 0 Å². The zero-order valence-corrected chi connectivity index (χ0v) is 9.73. The van der Waals surface area contributed by atoms with Crippen molar-refractivity contribution in [2.75, 3.05) is 17.2 Å². The average molecular weight is 234 g/mol. The SMILES string of the molecule is Cc1cnc(N2CC(=O)NC(=O)C2C)c(N)c1. The molecular formula is C11H14N4O2. The molecule has 1 saturated heterocycles. The first-order chi connectivity index (χ1) is 7.99. The number of nitrogens with two attached hydrogens (primary N) is 1. The molecule has 1 atom stereocenters. The molecule has 6 heteroatoms. The summed E-state index contributed by atoms with van der Waals surface area (Å²) in [5.74, 6) is -0.191. The van der Waals surface area contributed by atoms with Crippen molar-refractivity contribution in [1.29, 1.82) is 0 Å². The lowest BCUT2D eigenvalue weighted by molar-refractivity contribution is -0.132. The van der Waals surface area contributed by atoms with Gasteiger partial charge in [0.1, 0.15) is 6.04 Å². The average Bonchev–Trinajstić information content (AvgIpc) is 2.24. The maximum absolute atomic E-state index is 11.5. The Morgan fingerprint density at radius 3 is 2.88 bits per heavy atom. The smallest absolute Gasteiger partial charge is 0.249 e. The number of nitrogens with one attached hydrogen (secondary N) is 1. The highest BCUT2D eigenvalue weighted by molar-refractivity contribution is 6.04. The molecule has 3 N–H and O–H groups in total. The first-order valence-corrected chi connectivity index (χ1v) is 5.31. The van der Waals surface area contributed by atoms with E-state index in [0.717, 1.165) is 5.56 Å². The molecule has 2 rings (SSSR count). The monoisotopic (exact) mass is 234 g/mol. The summed E-state index contributed by atoms with van der Waals surface area (Å²) in [7, 11) is 0. The molecule has 1 aromatic heterocycles. The van der Waals surface area contributed by atoms with Gasteiger partial charge < -0.3 is 10.6 Å². The maximum atomic E-state index is 11.5. The summed E-state index contributed by atoms with van der Waals surface area (Å²) in [4.78, 5) is 28.7. The molecule has 0 saturated carbocycles. The van der Waals surface area contributed by atoms with Gasteiger partial charge >= 0.3 is 0 Å². The lowest BCUT2D eigenvalue weighted by Crippen LogP contribution is -2.57. The van der Waals surface area contributed by atoms with Crippen molar-refractivity contribution in [3.63, 3.8) is 0 Å². The Balaban J connectivity index is 2.37. The van der Waals surface area contributed by atoms with Gasteiger partial charge in [0.2, 0.25) is 11.8 Å². The van der Waals surface area contributed by atoms with Crippen LogP contribution in [0.2, 0.25) is 0 Å². The van der Waals surface area contributed by atoms with Gasteiger partial charge in [-0.3, -0.25) is 14.9 Å². The standard InChI is InChI=1S/C11H14N4O2/c1-6-3-8(12)10(13-4-6)15-5-9(16)14-11(17)7(15)2/h3-4,7H,5,12H2,1-2H3,(H,14,16,17). The molecule has 0 spiro atoms. The molecule has 0 radical (unpaired) electrons.